The number of hydrogen-bond donors (Lipinski definition) is 1. The Hall–Kier alpha value is -1.09. The Labute approximate surface area is 98.5 Å². The molecule has 3 nitrogen and oxygen atoms in total. The molecule has 0 radical (unpaired) electrons. The highest BCUT2D eigenvalue weighted by Gasteiger charge is 2.04. The van der Waals surface area contributed by atoms with Gasteiger partial charge in [0, 0.05) is 18.8 Å². The fraction of sp³-hybridized carbons (Fsp3) is 0.615. The van der Waals surface area contributed by atoms with E-state index in [1.54, 1.807) is 0 Å². The Morgan fingerprint density at radius 1 is 1.56 bits per heavy atom. The van der Waals surface area contributed by atoms with E-state index in [0.717, 1.165) is 19.5 Å². The Balaban J connectivity index is 2.76. The van der Waals surface area contributed by atoms with Crippen LogP contribution in [0.4, 0.5) is 0 Å². The van der Waals surface area contributed by atoms with Crippen molar-refractivity contribution in [2.75, 3.05) is 6.54 Å². The molecule has 0 aromatic carbocycles. The highest BCUT2D eigenvalue weighted by atomic mass is 15.3. The van der Waals surface area contributed by atoms with E-state index in [0.29, 0.717) is 6.04 Å². The summed E-state index contributed by atoms with van der Waals surface area (Å²) in [5.74, 6) is 0. The predicted octanol–water partition coefficient (Wildman–Crippen LogP) is 2.69. The molecule has 1 aromatic rings. The van der Waals surface area contributed by atoms with Gasteiger partial charge in [0.05, 0.1) is 5.69 Å². The zero-order valence-corrected chi connectivity index (χ0v) is 10.8. The number of nitrogens with zero attached hydrogens (tertiary/aromatic N) is 2. The molecule has 0 amide bonds. The van der Waals surface area contributed by atoms with Crippen LogP contribution in [0.25, 0.3) is 6.08 Å². The molecule has 0 aliphatic heterocycles. The van der Waals surface area contributed by atoms with Gasteiger partial charge in [0.2, 0.25) is 0 Å². The summed E-state index contributed by atoms with van der Waals surface area (Å²) in [5.41, 5.74) is 2.55. The minimum absolute atomic E-state index is 0.426. The zero-order chi connectivity index (χ0) is 12.0. The standard InChI is InChI=1S/C13H23N3/c1-5-9-16-13(7-8-15-16)10-11(3)12(4)14-6-2/h7-8,10,12,14H,5-6,9H2,1-4H3/b11-10-. The van der Waals surface area contributed by atoms with Crippen molar-refractivity contribution < 1.29 is 0 Å². The van der Waals surface area contributed by atoms with Gasteiger partial charge in [-0.2, -0.15) is 5.10 Å². The molecule has 0 fully saturated rings. The monoisotopic (exact) mass is 221 g/mol. The molecule has 0 saturated heterocycles. The van der Waals surface area contributed by atoms with Crippen LogP contribution < -0.4 is 5.32 Å². The van der Waals surface area contributed by atoms with Crippen LogP contribution in [0.1, 0.15) is 39.8 Å². The maximum atomic E-state index is 4.32. The van der Waals surface area contributed by atoms with Crippen molar-refractivity contribution in [3.05, 3.63) is 23.5 Å². The first-order valence-electron chi connectivity index (χ1n) is 6.12. The van der Waals surface area contributed by atoms with Crippen molar-refractivity contribution in [2.45, 2.75) is 46.7 Å². The number of likely N-dealkylation sites (N-methyl/N-ethyl adjacent to an activating group) is 1. The van der Waals surface area contributed by atoms with E-state index in [4.69, 9.17) is 0 Å². The minimum atomic E-state index is 0.426. The van der Waals surface area contributed by atoms with E-state index < -0.39 is 0 Å². The molecule has 1 atom stereocenters. The molecule has 3 heteroatoms. The highest BCUT2D eigenvalue weighted by molar-refractivity contribution is 5.49. The molecule has 1 heterocycles. The molecule has 90 valence electrons. The second-order valence-corrected chi connectivity index (χ2v) is 4.15. The first-order valence-corrected chi connectivity index (χ1v) is 6.12. The Morgan fingerprint density at radius 3 is 2.94 bits per heavy atom. The number of aromatic nitrogens is 2. The van der Waals surface area contributed by atoms with Gasteiger partial charge in [0.15, 0.2) is 0 Å². The van der Waals surface area contributed by atoms with Gasteiger partial charge in [-0.05, 0) is 39.0 Å². The van der Waals surface area contributed by atoms with Crippen LogP contribution in [-0.4, -0.2) is 22.4 Å². The lowest BCUT2D eigenvalue weighted by molar-refractivity contribution is 0.596. The molecule has 1 aromatic heterocycles. The first kappa shape index (κ1) is 13.0. The molecule has 0 aliphatic carbocycles. The van der Waals surface area contributed by atoms with E-state index in [1.165, 1.54) is 11.3 Å². The summed E-state index contributed by atoms with van der Waals surface area (Å²) in [4.78, 5) is 0. The van der Waals surface area contributed by atoms with Gasteiger partial charge in [-0.3, -0.25) is 4.68 Å². The van der Waals surface area contributed by atoms with Gasteiger partial charge >= 0.3 is 0 Å². The molecule has 0 saturated carbocycles. The van der Waals surface area contributed by atoms with Crippen LogP contribution in [0.5, 0.6) is 0 Å². The minimum Gasteiger partial charge on any atom is -0.311 e. The molecular formula is C13H23N3. The predicted molar refractivity (Wildman–Crippen MR) is 69.3 cm³/mol. The highest BCUT2D eigenvalue weighted by Crippen LogP contribution is 2.09. The number of aryl methyl sites for hydroxylation is 1. The number of nitrogens with one attached hydrogen (secondary N) is 1. The third-order valence-corrected chi connectivity index (χ3v) is 2.75. The van der Waals surface area contributed by atoms with Crippen molar-refractivity contribution in [3.63, 3.8) is 0 Å². The van der Waals surface area contributed by atoms with Crippen molar-refractivity contribution in [1.82, 2.24) is 15.1 Å². The van der Waals surface area contributed by atoms with E-state index in [2.05, 4.69) is 54.9 Å². The summed E-state index contributed by atoms with van der Waals surface area (Å²) in [6.07, 6.45) is 5.20. The van der Waals surface area contributed by atoms with Crippen molar-refractivity contribution in [2.24, 2.45) is 0 Å². The van der Waals surface area contributed by atoms with Gasteiger partial charge < -0.3 is 5.32 Å². The van der Waals surface area contributed by atoms with Crippen LogP contribution in [0.2, 0.25) is 0 Å². The quantitative estimate of drug-likeness (QED) is 0.800. The third-order valence-electron chi connectivity index (χ3n) is 2.75. The Morgan fingerprint density at radius 2 is 2.31 bits per heavy atom. The zero-order valence-electron chi connectivity index (χ0n) is 10.8. The normalized spacial score (nSPS) is 14.1. The number of hydrogen-bond acceptors (Lipinski definition) is 2. The average Bonchev–Trinajstić information content (AvgIpc) is 2.67. The second kappa shape index (κ2) is 6.48. The molecule has 0 spiro atoms. The summed E-state index contributed by atoms with van der Waals surface area (Å²) in [6.45, 7) is 10.6. The van der Waals surface area contributed by atoms with Crippen LogP contribution in [0, 0.1) is 0 Å². The maximum Gasteiger partial charge on any atom is 0.0609 e. The van der Waals surface area contributed by atoms with Gasteiger partial charge in [-0.1, -0.05) is 19.4 Å². The summed E-state index contributed by atoms with van der Waals surface area (Å²) in [6, 6.07) is 2.49. The topological polar surface area (TPSA) is 29.9 Å². The van der Waals surface area contributed by atoms with E-state index >= 15 is 0 Å². The Bertz CT molecular complexity index is 339. The van der Waals surface area contributed by atoms with Gasteiger partial charge in [0.1, 0.15) is 0 Å². The van der Waals surface area contributed by atoms with Gasteiger partial charge in [0.25, 0.3) is 0 Å². The third kappa shape index (κ3) is 3.49. The first-order chi connectivity index (χ1) is 7.69. The molecule has 1 N–H and O–H groups in total. The molecule has 1 unspecified atom stereocenters. The largest absolute Gasteiger partial charge is 0.311 e. The van der Waals surface area contributed by atoms with Crippen LogP contribution in [0.3, 0.4) is 0 Å². The fourth-order valence-electron chi connectivity index (χ4n) is 1.69. The van der Waals surface area contributed by atoms with E-state index in [-0.39, 0.29) is 0 Å². The molecule has 1 rings (SSSR count). The molecule has 16 heavy (non-hydrogen) atoms. The molecule has 0 bridgehead atoms. The van der Waals surface area contributed by atoms with E-state index in [1.807, 2.05) is 6.20 Å². The lowest BCUT2D eigenvalue weighted by Crippen LogP contribution is -2.26. The average molecular weight is 221 g/mol. The van der Waals surface area contributed by atoms with Crippen LogP contribution in [-0.2, 0) is 6.54 Å². The smallest absolute Gasteiger partial charge is 0.0609 e. The second-order valence-electron chi connectivity index (χ2n) is 4.15. The van der Waals surface area contributed by atoms with Gasteiger partial charge in [-0.15, -0.1) is 0 Å². The fourth-order valence-corrected chi connectivity index (χ4v) is 1.69. The summed E-state index contributed by atoms with van der Waals surface area (Å²) in [5, 5.41) is 7.73. The van der Waals surface area contributed by atoms with Crippen molar-refractivity contribution in [3.8, 4) is 0 Å². The summed E-state index contributed by atoms with van der Waals surface area (Å²) < 4.78 is 2.06. The van der Waals surface area contributed by atoms with Crippen molar-refractivity contribution in [1.29, 1.82) is 0 Å². The lowest BCUT2D eigenvalue weighted by atomic mass is 10.1. The number of rotatable bonds is 6. The van der Waals surface area contributed by atoms with Crippen LogP contribution >= 0.6 is 0 Å². The summed E-state index contributed by atoms with van der Waals surface area (Å²) >= 11 is 0. The Kier molecular flexibility index (Phi) is 5.26. The molecule has 0 aliphatic rings. The lowest BCUT2D eigenvalue weighted by Gasteiger charge is -2.13. The van der Waals surface area contributed by atoms with Gasteiger partial charge in [-0.25, -0.2) is 0 Å². The summed E-state index contributed by atoms with van der Waals surface area (Å²) in [7, 11) is 0. The molecular weight excluding hydrogens is 198 g/mol. The van der Waals surface area contributed by atoms with Crippen molar-refractivity contribution >= 4 is 6.08 Å². The maximum absolute atomic E-state index is 4.32. The van der Waals surface area contributed by atoms with Crippen LogP contribution in [0.15, 0.2) is 17.8 Å². The SMILES string of the molecule is CCCn1nccc1/C=C(/C)C(C)NCC. The van der Waals surface area contributed by atoms with E-state index in [9.17, 15) is 0 Å².